The Hall–Kier alpha value is -3.89. The third-order valence-electron chi connectivity index (χ3n) is 6.77. The van der Waals surface area contributed by atoms with E-state index < -0.39 is 18.3 Å². The van der Waals surface area contributed by atoms with Crippen LogP contribution in [-0.4, -0.2) is 89.1 Å². The average molecular weight is 529 g/mol. The van der Waals surface area contributed by atoms with Crippen LogP contribution in [0.3, 0.4) is 0 Å². The van der Waals surface area contributed by atoms with Gasteiger partial charge in [0.15, 0.2) is 6.29 Å². The largest absolute Gasteiger partial charge is 0.381 e. The molecule has 13 heteroatoms. The summed E-state index contributed by atoms with van der Waals surface area (Å²) in [6.07, 6.45) is 0.320. The number of hydrogen-bond donors (Lipinski definition) is 3. The second kappa shape index (κ2) is 11.2. The highest BCUT2D eigenvalue weighted by molar-refractivity contribution is 5.80. The quantitative estimate of drug-likeness (QED) is 0.327. The number of likely N-dealkylation sites (N-methyl/N-ethyl adjacent to an activating group) is 1. The summed E-state index contributed by atoms with van der Waals surface area (Å²) in [5.41, 5.74) is 1.29. The lowest BCUT2D eigenvalue weighted by atomic mass is 10.1. The van der Waals surface area contributed by atoms with Crippen LogP contribution in [0.15, 0.2) is 24.4 Å². The summed E-state index contributed by atoms with van der Waals surface area (Å²) in [5.74, 6) is -2.26. The van der Waals surface area contributed by atoms with E-state index in [1.165, 1.54) is 17.2 Å². The zero-order valence-corrected chi connectivity index (χ0v) is 21.2. The van der Waals surface area contributed by atoms with Gasteiger partial charge in [-0.25, -0.2) is 18.7 Å². The summed E-state index contributed by atoms with van der Waals surface area (Å²) >= 11 is 0. The van der Waals surface area contributed by atoms with Crippen molar-refractivity contribution in [2.75, 3.05) is 49.3 Å². The molecule has 0 aromatic carbocycles. The van der Waals surface area contributed by atoms with Gasteiger partial charge < -0.3 is 25.5 Å². The Morgan fingerprint density at radius 3 is 2.84 bits per heavy atom. The van der Waals surface area contributed by atoms with Crippen molar-refractivity contribution in [2.45, 2.75) is 44.1 Å². The Kier molecular flexibility index (Phi) is 8.03. The van der Waals surface area contributed by atoms with Crippen LogP contribution in [0.2, 0.25) is 0 Å². The number of aliphatic hydroxyl groups is 1. The average Bonchev–Trinajstić information content (AvgIpc) is 3.23. The third-order valence-corrected chi connectivity index (χ3v) is 6.77. The van der Waals surface area contributed by atoms with Crippen molar-refractivity contribution in [3.63, 3.8) is 0 Å². The molecule has 2 aromatic rings. The Labute approximate surface area is 219 Å². The van der Waals surface area contributed by atoms with E-state index in [2.05, 4.69) is 20.6 Å². The lowest BCUT2D eigenvalue weighted by Crippen LogP contribution is -2.48. The molecule has 2 aromatic heterocycles. The molecule has 3 N–H and O–H groups in total. The van der Waals surface area contributed by atoms with Crippen LogP contribution in [0.25, 0.3) is 0 Å². The number of carbonyl (C=O) groups is 2. The van der Waals surface area contributed by atoms with Gasteiger partial charge in [-0.15, -0.1) is 0 Å². The summed E-state index contributed by atoms with van der Waals surface area (Å²) in [6.45, 7) is 1.87. The highest BCUT2D eigenvalue weighted by Gasteiger charge is 2.39. The maximum Gasteiger partial charge on any atom is 0.250 e. The number of nitriles is 1. The van der Waals surface area contributed by atoms with Gasteiger partial charge in [-0.05, 0) is 19.5 Å². The van der Waals surface area contributed by atoms with Crippen LogP contribution in [0, 0.1) is 11.3 Å². The topological polar surface area (TPSA) is 138 Å². The number of pyridine rings is 2. The van der Waals surface area contributed by atoms with Gasteiger partial charge in [0.1, 0.15) is 23.4 Å². The van der Waals surface area contributed by atoms with Gasteiger partial charge in [-0.2, -0.15) is 5.26 Å². The van der Waals surface area contributed by atoms with Crippen LogP contribution in [0.1, 0.15) is 40.9 Å². The molecule has 202 valence electrons. The maximum absolute atomic E-state index is 13.6. The lowest BCUT2D eigenvalue weighted by Gasteiger charge is -2.32. The fourth-order valence-corrected chi connectivity index (χ4v) is 4.51. The molecule has 2 fully saturated rings. The zero-order chi connectivity index (χ0) is 27.4. The normalized spacial score (nSPS) is 20.1. The monoisotopic (exact) mass is 528 g/mol. The predicted octanol–water partition coefficient (Wildman–Crippen LogP) is 1.86. The summed E-state index contributed by atoms with van der Waals surface area (Å²) < 4.78 is 27.2. The number of alkyl halides is 2. The minimum atomic E-state index is -2.74. The number of hydrogen-bond acceptors (Lipinski definition) is 10. The minimum absolute atomic E-state index is 0.0261. The van der Waals surface area contributed by atoms with E-state index in [1.54, 1.807) is 24.1 Å². The van der Waals surface area contributed by atoms with Crippen molar-refractivity contribution in [1.29, 1.82) is 5.26 Å². The Bertz CT molecular complexity index is 1240. The fraction of sp³-hybridized carbons (Fsp3) is 0.480. The molecule has 1 saturated carbocycles. The Morgan fingerprint density at radius 2 is 2.18 bits per heavy atom. The molecule has 2 atom stereocenters. The lowest BCUT2D eigenvalue weighted by molar-refractivity contribution is -0.136. The zero-order valence-electron chi connectivity index (χ0n) is 21.2. The van der Waals surface area contributed by atoms with Crippen molar-refractivity contribution in [2.24, 2.45) is 0 Å². The molecule has 0 radical (unpaired) electrons. The molecule has 2 unspecified atom stereocenters. The van der Waals surface area contributed by atoms with E-state index >= 15 is 0 Å². The number of rotatable bonds is 9. The van der Waals surface area contributed by atoms with Gasteiger partial charge in [0, 0.05) is 63.4 Å². The minimum Gasteiger partial charge on any atom is -0.381 e. The van der Waals surface area contributed by atoms with Crippen LogP contribution in [0.4, 0.5) is 26.1 Å². The number of aromatic nitrogens is 2. The number of halogens is 2. The summed E-state index contributed by atoms with van der Waals surface area (Å²) in [5, 5.41) is 25.9. The fourth-order valence-electron chi connectivity index (χ4n) is 4.51. The summed E-state index contributed by atoms with van der Waals surface area (Å²) in [4.78, 5) is 37.5. The van der Waals surface area contributed by atoms with Gasteiger partial charge in [-0.3, -0.25) is 14.5 Å². The molecule has 2 aliphatic rings. The summed E-state index contributed by atoms with van der Waals surface area (Å²) in [6, 6.07) is 6.31. The Morgan fingerprint density at radius 1 is 1.39 bits per heavy atom. The first-order valence-electron chi connectivity index (χ1n) is 12.2. The van der Waals surface area contributed by atoms with Crippen LogP contribution < -0.4 is 15.5 Å². The van der Waals surface area contributed by atoms with Crippen molar-refractivity contribution in [3.8, 4) is 6.07 Å². The molecule has 1 amide bonds. The van der Waals surface area contributed by atoms with E-state index in [0.29, 0.717) is 36.4 Å². The molecule has 1 saturated heterocycles. The first-order chi connectivity index (χ1) is 18.1. The first-order valence-corrected chi connectivity index (χ1v) is 12.2. The van der Waals surface area contributed by atoms with Crippen LogP contribution >= 0.6 is 0 Å². The van der Waals surface area contributed by atoms with Crippen LogP contribution in [0.5, 0.6) is 0 Å². The maximum atomic E-state index is 13.6. The molecule has 1 aliphatic heterocycles. The predicted molar refractivity (Wildman–Crippen MR) is 136 cm³/mol. The standard InChI is InChI=1S/C25H30F2N8O3/c1-33-7-8-35(23(37)14-33)13-16-3-4-22(31-20(16)15-36)34(2)24(38)32-21-9-19(17(11-28)12-29-21)30-18-5-6-25(26,27)10-18/h3-4,9,12,15,18,24,38H,5-8,10,13-14H2,1-2H3,(H2,29,30,32). The van der Waals surface area contributed by atoms with Crippen molar-refractivity contribution in [1.82, 2.24) is 19.8 Å². The van der Waals surface area contributed by atoms with Gasteiger partial charge >= 0.3 is 0 Å². The number of piperazine rings is 1. The molecular formula is C25H30F2N8O3. The molecule has 38 heavy (non-hydrogen) atoms. The van der Waals surface area contributed by atoms with E-state index in [0.717, 1.165) is 6.54 Å². The van der Waals surface area contributed by atoms with Gasteiger partial charge in [0.05, 0.1) is 17.8 Å². The van der Waals surface area contributed by atoms with E-state index in [4.69, 9.17) is 0 Å². The molecule has 0 bridgehead atoms. The van der Waals surface area contributed by atoms with Gasteiger partial charge in [0.2, 0.25) is 18.2 Å². The second-order valence-corrected chi connectivity index (χ2v) is 9.68. The molecular weight excluding hydrogens is 498 g/mol. The van der Waals surface area contributed by atoms with Crippen molar-refractivity contribution >= 4 is 29.5 Å². The molecule has 0 spiro atoms. The third kappa shape index (κ3) is 6.32. The number of nitrogens with zero attached hydrogens (tertiary/aromatic N) is 6. The molecule has 3 heterocycles. The van der Waals surface area contributed by atoms with E-state index in [9.17, 15) is 28.7 Å². The van der Waals surface area contributed by atoms with Crippen molar-refractivity contribution in [3.05, 3.63) is 41.2 Å². The number of amides is 1. The highest BCUT2D eigenvalue weighted by Crippen LogP contribution is 2.36. The van der Waals surface area contributed by atoms with Gasteiger partial charge in [0.25, 0.3) is 0 Å². The van der Waals surface area contributed by atoms with E-state index in [-0.39, 0.29) is 48.8 Å². The van der Waals surface area contributed by atoms with Crippen molar-refractivity contribution < 1.29 is 23.5 Å². The van der Waals surface area contributed by atoms with Crippen LogP contribution in [-0.2, 0) is 11.3 Å². The summed E-state index contributed by atoms with van der Waals surface area (Å²) in [7, 11) is 3.43. The molecule has 11 nitrogen and oxygen atoms in total. The number of aliphatic hydroxyl groups excluding tert-OH is 1. The number of anilines is 3. The highest BCUT2D eigenvalue weighted by atomic mass is 19.3. The Balaban J connectivity index is 1.44. The SMILES string of the molecule is CN1CCN(Cc2ccc(N(C)C(O)Nc3cc(NC4CCC(F)(F)C4)c(C#N)cn3)nc2C=O)C(=O)C1. The number of aldehydes is 1. The van der Waals surface area contributed by atoms with E-state index in [1.807, 2.05) is 18.0 Å². The first kappa shape index (κ1) is 27.2. The molecule has 4 rings (SSSR count). The van der Waals surface area contributed by atoms with Gasteiger partial charge in [-0.1, -0.05) is 6.07 Å². The number of nitrogens with one attached hydrogen (secondary N) is 2. The number of carbonyl (C=O) groups excluding carboxylic acids is 2. The second-order valence-electron chi connectivity index (χ2n) is 9.68. The molecule has 1 aliphatic carbocycles. The smallest absolute Gasteiger partial charge is 0.250 e.